The first-order chi connectivity index (χ1) is 18.3. The van der Waals surface area contributed by atoms with Crippen molar-refractivity contribution < 1.29 is 46.4 Å². The van der Waals surface area contributed by atoms with E-state index < -0.39 is 54.5 Å². The quantitative estimate of drug-likeness (QED) is 0.227. The van der Waals surface area contributed by atoms with Gasteiger partial charge < -0.3 is 20.1 Å². The minimum atomic E-state index is -6.29. The van der Waals surface area contributed by atoms with E-state index in [0.29, 0.717) is 11.1 Å². The van der Waals surface area contributed by atoms with Crippen LogP contribution in [0.3, 0.4) is 0 Å². The third kappa shape index (κ3) is 5.37. The van der Waals surface area contributed by atoms with Crippen molar-refractivity contribution in [2.24, 2.45) is 0 Å². The van der Waals surface area contributed by atoms with Gasteiger partial charge in [-0.2, -0.15) is 22.0 Å². The SMILES string of the molecule is CCCC(Oc1ccc(CO)c(CO)c1)(c1cccc(-c2ccccc2)c1CC)C(F)(C(O)(F)F)C(F)(F)F. The van der Waals surface area contributed by atoms with Gasteiger partial charge in [0.2, 0.25) is 0 Å². The third-order valence-electron chi connectivity index (χ3n) is 6.82. The van der Waals surface area contributed by atoms with Crippen LogP contribution in [0.2, 0.25) is 0 Å². The van der Waals surface area contributed by atoms with Crippen molar-refractivity contribution in [2.75, 3.05) is 0 Å². The first kappa shape index (κ1) is 30.5. The van der Waals surface area contributed by atoms with Gasteiger partial charge in [0, 0.05) is 5.56 Å². The van der Waals surface area contributed by atoms with E-state index in [-0.39, 0.29) is 29.5 Å². The van der Waals surface area contributed by atoms with Gasteiger partial charge in [-0.25, -0.2) is 4.39 Å². The van der Waals surface area contributed by atoms with Gasteiger partial charge in [-0.05, 0) is 52.8 Å². The second-order valence-corrected chi connectivity index (χ2v) is 9.17. The van der Waals surface area contributed by atoms with E-state index in [0.717, 1.165) is 18.2 Å². The molecule has 2 unspecified atom stereocenters. The summed E-state index contributed by atoms with van der Waals surface area (Å²) >= 11 is 0. The highest BCUT2D eigenvalue weighted by Gasteiger charge is 2.82. The van der Waals surface area contributed by atoms with Gasteiger partial charge in [0.05, 0.1) is 13.2 Å². The summed E-state index contributed by atoms with van der Waals surface area (Å²) in [5.41, 5.74) is -8.25. The van der Waals surface area contributed by atoms with E-state index in [1.54, 1.807) is 43.3 Å². The molecule has 2 atom stereocenters. The fourth-order valence-corrected chi connectivity index (χ4v) is 5.07. The van der Waals surface area contributed by atoms with Gasteiger partial charge in [-0.1, -0.05) is 74.9 Å². The Morgan fingerprint density at radius 3 is 1.92 bits per heavy atom. The number of hydrogen-bond acceptors (Lipinski definition) is 4. The van der Waals surface area contributed by atoms with Gasteiger partial charge >= 0.3 is 18.0 Å². The molecule has 39 heavy (non-hydrogen) atoms. The van der Waals surface area contributed by atoms with Crippen LogP contribution in [0, 0.1) is 0 Å². The molecule has 0 saturated heterocycles. The zero-order valence-electron chi connectivity index (χ0n) is 21.4. The second-order valence-electron chi connectivity index (χ2n) is 9.17. The minimum Gasteiger partial charge on any atom is -0.478 e. The lowest BCUT2D eigenvalue weighted by molar-refractivity contribution is -0.409. The molecule has 3 aromatic carbocycles. The normalized spacial score (nSPS) is 15.5. The van der Waals surface area contributed by atoms with E-state index in [1.807, 2.05) is 0 Å². The molecule has 4 nitrogen and oxygen atoms in total. The predicted octanol–water partition coefficient (Wildman–Crippen LogP) is 6.83. The topological polar surface area (TPSA) is 69.9 Å². The van der Waals surface area contributed by atoms with Crippen LogP contribution < -0.4 is 4.74 Å². The van der Waals surface area contributed by atoms with Crippen molar-refractivity contribution in [1.82, 2.24) is 0 Å². The molecule has 0 aliphatic rings. The number of alkyl halides is 6. The summed E-state index contributed by atoms with van der Waals surface area (Å²) in [6, 6.07) is 15.8. The van der Waals surface area contributed by atoms with Gasteiger partial charge in [-0.3, -0.25) is 0 Å². The van der Waals surface area contributed by atoms with Gasteiger partial charge in [-0.15, -0.1) is 0 Å². The first-order valence-corrected chi connectivity index (χ1v) is 12.4. The summed E-state index contributed by atoms with van der Waals surface area (Å²) in [5.74, 6) is -0.465. The monoisotopic (exact) mass is 556 g/mol. The summed E-state index contributed by atoms with van der Waals surface area (Å²) in [6.07, 6.45) is -13.3. The van der Waals surface area contributed by atoms with Crippen molar-refractivity contribution in [1.29, 1.82) is 0 Å². The minimum absolute atomic E-state index is 0.0193. The fourth-order valence-electron chi connectivity index (χ4n) is 5.07. The summed E-state index contributed by atoms with van der Waals surface area (Å²) < 4.78 is 95.3. The highest BCUT2D eigenvalue weighted by atomic mass is 19.4. The van der Waals surface area contributed by atoms with E-state index in [9.17, 15) is 37.3 Å². The van der Waals surface area contributed by atoms with E-state index in [2.05, 4.69) is 0 Å². The molecule has 0 bridgehead atoms. The van der Waals surface area contributed by atoms with Gasteiger partial charge in [0.1, 0.15) is 5.75 Å². The Morgan fingerprint density at radius 1 is 0.769 bits per heavy atom. The van der Waals surface area contributed by atoms with E-state index >= 15 is 4.39 Å². The maximum atomic E-state index is 16.5. The standard InChI is InChI=1S/C29H30F6O4/c1-3-15-26(27(30,28(31,32)33)29(34,35)38,39-22-14-13-20(17-36)21(16-22)18-37)25-12-8-11-24(23(25)4-2)19-9-6-5-7-10-19/h5-14,16,36-38H,3-4,15,17-18H2,1-2H3. The van der Waals surface area contributed by atoms with Crippen molar-refractivity contribution >= 4 is 0 Å². The number of ether oxygens (including phenoxy) is 1. The van der Waals surface area contributed by atoms with Crippen LogP contribution in [-0.4, -0.2) is 33.3 Å². The molecule has 3 N–H and O–H groups in total. The smallest absolute Gasteiger partial charge is 0.435 e. The van der Waals surface area contributed by atoms with Crippen LogP contribution >= 0.6 is 0 Å². The average molecular weight is 557 g/mol. The Hall–Kier alpha value is -3.08. The lowest BCUT2D eigenvalue weighted by atomic mass is 9.71. The molecule has 0 saturated carbocycles. The number of hydrogen-bond donors (Lipinski definition) is 3. The Balaban J connectivity index is 2.48. The van der Waals surface area contributed by atoms with Crippen molar-refractivity contribution in [3.63, 3.8) is 0 Å². The zero-order valence-corrected chi connectivity index (χ0v) is 21.4. The molecule has 0 amide bonds. The summed E-state index contributed by atoms with van der Waals surface area (Å²) in [4.78, 5) is 0. The van der Waals surface area contributed by atoms with Crippen LogP contribution in [0.1, 0.15) is 48.9 Å². The molecule has 212 valence electrons. The lowest BCUT2D eigenvalue weighted by Gasteiger charge is -2.48. The second kappa shape index (κ2) is 11.6. The Bertz CT molecular complexity index is 1240. The summed E-state index contributed by atoms with van der Waals surface area (Å²) in [7, 11) is 0. The van der Waals surface area contributed by atoms with E-state index in [4.69, 9.17) is 4.74 Å². The number of benzene rings is 3. The Labute approximate surface area is 222 Å². The maximum absolute atomic E-state index is 16.5. The maximum Gasteiger partial charge on any atom is 0.435 e. The molecule has 0 heterocycles. The molecular weight excluding hydrogens is 526 g/mol. The number of rotatable bonds is 11. The molecule has 3 aromatic rings. The third-order valence-corrected chi connectivity index (χ3v) is 6.82. The molecule has 0 fully saturated rings. The molecular formula is C29H30F6O4. The highest BCUT2D eigenvalue weighted by molar-refractivity contribution is 5.69. The first-order valence-electron chi connectivity index (χ1n) is 12.4. The molecule has 10 heteroatoms. The molecule has 0 aromatic heterocycles. The van der Waals surface area contributed by atoms with Gasteiger partial charge in [0.25, 0.3) is 0 Å². The van der Waals surface area contributed by atoms with Crippen LogP contribution in [0.4, 0.5) is 26.3 Å². The fraction of sp³-hybridized carbons (Fsp3) is 0.379. The van der Waals surface area contributed by atoms with Crippen molar-refractivity contribution in [3.8, 4) is 16.9 Å². The lowest BCUT2D eigenvalue weighted by Crippen LogP contribution is -2.69. The van der Waals surface area contributed by atoms with Crippen LogP contribution in [0.25, 0.3) is 11.1 Å². The summed E-state index contributed by atoms with van der Waals surface area (Å²) in [6.45, 7) is 1.78. The number of aliphatic hydroxyl groups excluding tert-OH is 2. The molecule has 3 rings (SSSR count). The van der Waals surface area contributed by atoms with Gasteiger partial charge in [0.15, 0.2) is 5.60 Å². The molecule has 0 aliphatic carbocycles. The molecule has 0 spiro atoms. The van der Waals surface area contributed by atoms with Crippen LogP contribution in [0.5, 0.6) is 5.75 Å². The van der Waals surface area contributed by atoms with E-state index in [1.165, 1.54) is 19.1 Å². The molecule has 0 radical (unpaired) electrons. The number of halogens is 6. The van der Waals surface area contributed by atoms with Crippen molar-refractivity contribution in [2.45, 2.75) is 69.9 Å². The van der Waals surface area contributed by atoms with Crippen LogP contribution in [-0.2, 0) is 25.2 Å². The number of aliphatic hydroxyl groups is 3. The largest absolute Gasteiger partial charge is 0.478 e. The van der Waals surface area contributed by atoms with Crippen LogP contribution in [0.15, 0.2) is 66.7 Å². The zero-order chi connectivity index (χ0) is 29.1. The Kier molecular flexibility index (Phi) is 9.04. The average Bonchev–Trinajstić information content (AvgIpc) is 2.90. The summed E-state index contributed by atoms with van der Waals surface area (Å²) in [5, 5.41) is 28.8. The predicted molar refractivity (Wildman–Crippen MR) is 134 cm³/mol. The highest BCUT2D eigenvalue weighted by Crippen LogP contribution is 2.59. The van der Waals surface area contributed by atoms with Crippen molar-refractivity contribution in [3.05, 3.63) is 89.0 Å². The molecule has 0 aliphatic heterocycles. The Morgan fingerprint density at radius 2 is 1.41 bits per heavy atom.